The molecule has 0 fully saturated rings. The van der Waals surface area contributed by atoms with Gasteiger partial charge in [0.1, 0.15) is 5.69 Å². The van der Waals surface area contributed by atoms with Gasteiger partial charge >= 0.3 is 0 Å². The second-order valence-electron chi connectivity index (χ2n) is 6.01. The molecule has 1 amide bonds. The first-order valence-electron chi connectivity index (χ1n) is 8.52. The van der Waals surface area contributed by atoms with Crippen molar-refractivity contribution >= 4 is 29.1 Å². The number of nitrogens with one attached hydrogen (secondary N) is 2. The lowest BCUT2D eigenvalue weighted by molar-refractivity contribution is 0.102. The smallest absolute Gasteiger partial charge is 0.274 e. The molecule has 6 heteroatoms. The monoisotopic (exact) mass is 356 g/mol. The normalized spacial score (nSPS) is 13.9. The Labute approximate surface area is 152 Å². The van der Waals surface area contributed by atoms with E-state index in [0.29, 0.717) is 22.4 Å². The van der Waals surface area contributed by atoms with Crippen molar-refractivity contribution in [2.24, 2.45) is 0 Å². The molecule has 0 radical (unpaired) electrons. The lowest BCUT2D eigenvalue weighted by Gasteiger charge is -2.13. The predicted molar refractivity (Wildman–Crippen MR) is 101 cm³/mol. The number of allylic oxidation sites excluding steroid dienone is 1. The Morgan fingerprint density at radius 3 is 2.96 bits per heavy atom. The van der Waals surface area contributed by atoms with E-state index < -0.39 is 0 Å². The van der Waals surface area contributed by atoms with Gasteiger partial charge in [-0.15, -0.1) is 0 Å². The van der Waals surface area contributed by atoms with Gasteiger partial charge in [-0.25, -0.2) is 9.97 Å². The van der Waals surface area contributed by atoms with E-state index in [4.69, 9.17) is 11.6 Å². The molecular formula is C19H21ClN4O. The van der Waals surface area contributed by atoms with Crippen molar-refractivity contribution in [1.82, 2.24) is 9.97 Å². The number of hydrogen-bond donors (Lipinski definition) is 2. The summed E-state index contributed by atoms with van der Waals surface area (Å²) < 4.78 is 0. The first kappa shape index (κ1) is 17.4. The van der Waals surface area contributed by atoms with Crippen LogP contribution in [0.25, 0.3) is 0 Å². The zero-order valence-electron chi connectivity index (χ0n) is 14.0. The second kappa shape index (κ2) is 8.62. The van der Waals surface area contributed by atoms with Crippen LogP contribution in [0.15, 0.2) is 48.2 Å². The number of amides is 1. The van der Waals surface area contributed by atoms with Gasteiger partial charge in [-0.1, -0.05) is 29.3 Å². The Morgan fingerprint density at radius 2 is 2.16 bits per heavy atom. The minimum absolute atomic E-state index is 0.289. The number of carbonyl (C=O) groups is 1. The van der Waals surface area contributed by atoms with Crippen LogP contribution in [0.5, 0.6) is 0 Å². The highest BCUT2D eigenvalue weighted by Gasteiger charge is 2.10. The summed E-state index contributed by atoms with van der Waals surface area (Å²) in [5.74, 6) is 0.179. The van der Waals surface area contributed by atoms with Gasteiger partial charge in [-0.05, 0) is 56.4 Å². The van der Waals surface area contributed by atoms with Gasteiger partial charge in [0.05, 0.1) is 0 Å². The average molecular weight is 357 g/mol. The van der Waals surface area contributed by atoms with Crippen molar-refractivity contribution in [1.29, 1.82) is 0 Å². The van der Waals surface area contributed by atoms with Crippen LogP contribution < -0.4 is 10.6 Å². The molecule has 1 heterocycles. The van der Waals surface area contributed by atoms with E-state index in [0.717, 1.165) is 13.0 Å². The number of nitrogens with zero attached hydrogens (tertiary/aromatic N) is 2. The number of rotatable bonds is 6. The lowest BCUT2D eigenvalue weighted by atomic mass is 9.97. The molecule has 0 unspecified atom stereocenters. The number of hydrogen-bond acceptors (Lipinski definition) is 4. The Bertz CT molecular complexity index is 776. The summed E-state index contributed by atoms with van der Waals surface area (Å²) in [5.41, 5.74) is 2.44. The second-order valence-corrected chi connectivity index (χ2v) is 6.45. The van der Waals surface area contributed by atoms with Crippen LogP contribution >= 0.6 is 11.6 Å². The maximum Gasteiger partial charge on any atom is 0.274 e. The molecule has 0 atom stereocenters. The minimum Gasteiger partial charge on any atom is -0.354 e. The summed E-state index contributed by atoms with van der Waals surface area (Å²) in [6.45, 7) is 0.769. The number of benzene rings is 1. The molecule has 3 rings (SSSR count). The molecule has 5 nitrogen and oxygen atoms in total. The largest absolute Gasteiger partial charge is 0.354 e. The molecule has 0 bridgehead atoms. The van der Waals surface area contributed by atoms with Gasteiger partial charge in [0.2, 0.25) is 5.95 Å². The van der Waals surface area contributed by atoms with Crippen LogP contribution in [-0.2, 0) is 0 Å². The van der Waals surface area contributed by atoms with Crippen LogP contribution in [0.2, 0.25) is 5.02 Å². The third-order valence-electron chi connectivity index (χ3n) is 4.08. The Balaban J connectivity index is 1.56. The van der Waals surface area contributed by atoms with Gasteiger partial charge in [0.15, 0.2) is 0 Å². The highest BCUT2D eigenvalue weighted by Crippen LogP contribution is 2.20. The van der Waals surface area contributed by atoms with Crippen molar-refractivity contribution in [2.45, 2.75) is 32.1 Å². The average Bonchev–Trinajstić information content (AvgIpc) is 2.63. The van der Waals surface area contributed by atoms with Gasteiger partial charge in [0.25, 0.3) is 5.91 Å². The first-order chi connectivity index (χ1) is 12.2. The fourth-order valence-corrected chi connectivity index (χ4v) is 2.99. The van der Waals surface area contributed by atoms with Crippen LogP contribution in [0.4, 0.5) is 11.6 Å². The Morgan fingerprint density at radius 1 is 1.24 bits per heavy atom. The van der Waals surface area contributed by atoms with Crippen molar-refractivity contribution < 1.29 is 4.79 Å². The highest BCUT2D eigenvalue weighted by atomic mass is 35.5. The zero-order valence-corrected chi connectivity index (χ0v) is 14.7. The van der Waals surface area contributed by atoms with E-state index in [1.54, 1.807) is 36.5 Å². The van der Waals surface area contributed by atoms with Crippen LogP contribution in [0.3, 0.4) is 0 Å². The number of aromatic nitrogens is 2. The summed E-state index contributed by atoms with van der Waals surface area (Å²) in [6, 6.07) is 8.60. The van der Waals surface area contributed by atoms with Crippen molar-refractivity contribution in [2.75, 3.05) is 17.2 Å². The molecule has 0 saturated carbocycles. The molecule has 25 heavy (non-hydrogen) atoms. The van der Waals surface area contributed by atoms with Gasteiger partial charge in [0, 0.05) is 23.5 Å². The van der Waals surface area contributed by atoms with Gasteiger partial charge in [-0.3, -0.25) is 4.79 Å². The topological polar surface area (TPSA) is 66.9 Å². The van der Waals surface area contributed by atoms with E-state index in [1.165, 1.54) is 31.3 Å². The molecule has 2 N–H and O–H groups in total. The van der Waals surface area contributed by atoms with Crippen molar-refractivity contribution in [3.8, 4) is 0 Å². The predicted octanol–water partition coefficient (Wildman–Crippen LogP) is 4.68. The van der Waals surface area contributed by atoms with Crippen LogP contribution in [0.1, 0.15) is 42.6 Å². The van der Waals surface area contributed by atoms with Gasteiger partial charge < -0.3 is 10.6 Å². The van der Waals surface area contributed by atoms with Gasteiger partial charge in [-0.2, -0.15) is 0 Å². The molecule has 0 spiro atoms. The SMILES string of the molecule is O=C(Nc1cccc(Cl)c1)c1ccnc(NCCC2=CCCCC2)n1. The maximum atomic E-state index is 12.3. The Kier molecular flexibility index (Phi) is 6.01. The summed E-state index contributed by atoms with van der Waals surface area (Å²) in [5, 5.41) is 6.55. The molecular weight excluding hydrogens is 336 g/mol. The van der Waals surface area contributed by atoms with E-state index >= 15 is 0 Å². The van der Waals surface area contributed by atoms with E-state index in [-0.39, 0.29) is 5.91 Å². The van der Waals surface area contributed by atoms with Crippen LogP contribution in [-0.4, -0.2) is 22.4 Å². The van der Waals surface area contributed by atoms with Crippen molar-refractivity contribution in [3.63, 3.8) is 0 Å². The summed E-state index contributed by atoms with van der Waals surface area (Å²) >= 11 is 5.93. The standard InChI is InChI=1S/C19H21ClN4O/c20-15-7-4-8-16(13-15)23-18(25)17-10-12-22-19(24-17)21-11-9-14-5-2-1-3-6-14/h4-5,7-8,10,12-13H,1-3,6,9,11H2,(H,23,25)(H,21,22,24). The number of carbonyl (C=O) groups excluding carboxylic acids is 1. The molecule has 1 aromatic carbocycles. The zero-order chi connectivity index (χ0) is 17.5. The minimum atomic E-state index is -0.289. The van der Waals surface area contributed by atoms with E-state index in [9.17, 15) is 4.79 Å². The quantitative estimate of drug-likeness (QED) is 0.737. The fourth-order valence-electron chi connectivity index (χ4n) is 2.80. The van der Waals surface area contributed by atoms with Crippen molar-refractivity contribution in [3.05, 3.63) is 58.9 Å². The molecule has 0 saturated heterocycles. The number of anilines is 2. The summed E-state index contributed by atoms with van der Waals surface area (Å²) in [6.07, 6.45) is 9.85. The lowest BCUT2D eigenvalue weighted by Crippen LogP contribution is -2.15. The third kappa shape index (κ3) is 5.29. The summed E-state index contributed by atoms with van der Waals surface area (Å²) in [7, 11) is 0. The Hall–Kier alpha value is -2.40. The van der Waals surface area contributed by atoms with E-state index in [2.05, 4.69) is 26.7 Å². The fraction of sp³-hybridized carbons (Fsp3) is 0.316. The third-order valence-corrected chi connectivity index (χ3v) is 4.32. The maximum absolute atomic E-state index is 12.3. The molecule has 1 aromatic heterocycles. The first-order valence-corrected chi connectivity index (χ1v) is 8.90. The molecule has 2 aromatic rings. The number of halogens is 1. The molecule has 130 valence electrons. The highest BCUT2D eigenvalue weighted by molar-refractivity contribution is 6.30. The molecule has 1 aliphatic carbocycles. The summed E-state index contributed by atoms with van der Waals surface area (Å²) in [4.78, 5) is 20.8. The molecule has 1 aliphatic rings. The molecule has 0 aliphatic heterocycles. The van der Waals surface area contributed by atoms with E-state index in [1.807, 2.05) is 0 Å². The van der Waals surface area contributed by atoms with Crippen LogP contribution in [0, 0.1) is 0 Å².